The molecule has 1 N–H and O–H groups in total. The van der Waals surface area contributed by atoms with Crippen molar-refractivity contribution >= 4 is 51.4 Å². The summed E-state index contributed by atoms with van der Waals surface area (Å²) in [5.74, 6) is -0.0625. The molecule has 5 rings (SSSR count). The van der Waals surface area contributed by atoms with E-state index in [2.05, 4.69) is 69.0 Å². The number of carbonyl (C=O) groups excluding carboxylic acids is 1. The number of nitriles is 1. The number of nitrogens with zero attached hydrogens (tertiary/aromatic N) is 2. The van der Waals surface area contributed by atoms with Crippen LogP contribution in [0.25, 0.3) is 43.6 Å². The van der Waals surface area contributed by atoms with Crippen LogP contribution in [-0.4, -0.2) is 23.9 Å². The van der Waals surface area contributed by atoms with Crippen LogP contribution in [0.1, 0.15) is 25.0 Å². The van der Waals surface area contributed by atoms with E-state index in [0.29, 0.717) is 5.56 Å². The fourth-order valence-corrected chi connectivity index (χ4v) is 5.84. The summed E-state index contributed by atoms with van der Waals surface area (Å²) >= 11 is 0. The Morgan fingerprint density at radius 3 is 2.26 bits per heavy atom. The molecule has 0 atom stereocenters. The Bertz CT molecular complexity index is 1780. The Kier molecular flexibility index (Phi) is 9.25. The van der Waals surface area contributed by atoms with E-state index >= 15 is 0 Å². The van der Waals surface area contributed by atoms with E-state index < -0.39 is 8.07 Å². The Balaban J connectivity index is 0.000000468. The van der Waals surface area contributed by atoms with Gasteiger partial charge in [0.2, 0.25) is 0 Å². The molecule has 1 radical (unpaired) electrons. The van der Waals surface area contributed by atoms with E-state index in [9.17, 15) is 10.1 Å². The number of rotatable bonds is 3. The summed E-state index contributed by atoms with van der Waals surface area (Å²) in [7, 11) is -1.39. The SMILES string of the molecule is CC(=O)/C=C(/C)O.Cc1cc2c(-c3[c-]c4ccccc4c(C#N)c3)nccc2c2ccc([Si](C)(C)C)cc12.[Ir]. The third-order valence-corrected chi connectivity index (χ3v) is 8.56. The monoisotopic (exact) mass is 708 g/mol. The number of aromatic nitrogens is 1. The first-order chi connectivity index (χ1) is 18.0. The maximum absolute atomic E-state index is 10.0. The molecule has 0 saturated heterocycles. The predicted octanol–water partition coefficient (Wildman–Crippen LogP) is 7.77. The van der Waals surface area contributed by atoms with Crippen molar-refractivity contribution in [3.63, 3.8) is 0 Å². The van der Waals surface area contributed by atoms with Gasteiger partial charge in [0.15, 0.2) is 5.78 Å². The third kappa shape index (κ3) is 6.51. The number of hydrogen-bond donors (Lipinski definition) is 1. The second kappa shape index (κ2) is 12.0. The average molecular weight is 708 g/mol. The van der Waals surface area contributed by atoms with Gasteiger partial charge in [-0.15, -0.1) is 23.6 Å². The first-order valence-electron chi connectivity index (χ1n) is 12.6. The molecule has 39 heavy (non-hydrogen) atoms. The molecule has 1 heterocycles. The molecular weight excluding hydrogens is 677 g/mol. The van der Waals surface area contributed by atoms with Gasteiger partial charge in [0, 0.05) is 38.1 Å². The fourth-order valence-electron chi connectivity index (χ4n) is 4.68. The molecule has 0 fully saturated rings. The average Bonchev–Trinajstić information content (AvgIpc) is 2.86. The molecular formula is C33H31IrN2O2Si-. The summed E-state index contributed by atoms with van der Waals surface area (Å²) in [5, 5.41) is 26.3. The maximum Gasteiger partial charge on any atom is 0.155 e. The predicted molar refractivity (Wildman–Crippen MR) is 161 cm³/mol. The Morgan fingerprint density at radius 1 is 0.949 bits per heavy atom. The number of fused-ring (bicyclic) bond motifs is 4. The molecule has 0 saturated carbocycles. The number of aliphatic hydroxyl groups is 1. The van der Waals surface area contributed by atoms with Crippen LogP contribution in [-0.2, 0) is 24.9 Å². The Labute approximate surface area is 244 Å². The van der Waals surface area contributed by atoms with Crippen LogP contribution in [0.5, 0.6) is 0 Å². The first kappa shape index (κ1) is 29.9. The number of pyridine rings is 1. The van der Waals surface area contributed by atoms with Gasteiger partial charge in [-0.25, -0.2) is 0 Å². The molecule has 5 aromatic rings. The summed E-state index contributed by atoms with van der Waals surface area (Å²) in [5.41, 5.74) is 3.64. The van der Waals surface area contributed by atoms with E-state index in [1.54, 1.807) is 0 Å². The topological polar surface area (TPSA) is 74.0 Å². The fraction of sp³-hybridized carbons (Fsp3) is 0.182. The number of carbonyl (C=O) groups is 1. The van der Waals surface area contributed by atoms with Gasteiger partial charge in [-0.2, -0.15) is 5.26 Å². The largest absolute Gasteiger partial charge is 0.512 e. The molecule has 0 spiro atoms. The van der Waals surface area contributed by atoms with Gasteiger partial charge in [0.25, 0.3) is 0 Å². The molecule has 4 nitrogen and oxygen atoms in total. The van der Waals surface area contributed by atoms with Crippen molar-refractivity contribution in [3.8, 4) is 17.3 Å². The summed E-state index contributed by atoms with van der Waals surface area (Å²) in [6.07, 6.45) is 3.04. The van der Waals surface area contributed by atoms with Crippen molar-refractivity contribution in [1.29, 1.82) is 5.26 Å². The van der Waals surface area contributed by atoms with Gasteiger partial charge < -0.3 is 5.11 Å². The van der Waals surface area contributed by atoms with Crippen molar-refractivity contribution in [2.75, 3.05) is 0 Å². The number of hydrogen-bond acceptors (Lipinski definition) is 4. The zero-order chi connectivity index (χ0) is 27.6. The van der Waals surface area contributed by atoms with Gasteiger partial charge in [0.1, 0.15) is 0 Å². The maximum atomic E-state index is 10.0. The Morgan fingerprint density at radius 2 is 1.64 bits per heavy atom. The molecule has 0 unspecified atom stereocenters. The van der Waals surface area contributed by atoms with Crippen LogP contribution in [0, 0.1) is 24.3 Å². The van der Waals surface area contributed by atoms with Gasteiger partial charge >= 0.3 is 0 Å². The molecule has 0 aliphatic rings. The van der Waals surface area contributed by atoms with Gasteiger partial charge in [0.05, 0.1) is 19.9 Å². The van der Waals surface area contributed by atoms with Crippen molar-refractivity contribution in [3.05, 3.63) is 95.9 Å². The number of ketones is 1. The second-order valence-corrected chi connectivity index (χ2v) is 15.7. The van der Waals surface area contributed by atoms with Crippen molar-refractivity contribution < 1.29 is 30.0 Å². The minimum atomic E-state index is -1.39. The quantitative estimate of drug-likeness (QED) is 0.0684. The number of aryl methyl sites for hydroxylation is 1. The molecule has 4 aromatic carbocycles. The van der Waals surface area contributed by atoms with E-state index in [1.807, 2.05) is 36.5 Å². The van der Waals surface area contributed by atoms with Crippen molar-refractivity contribution in [2.45, 2.75) is 40.4 Å². The molecule has 0 aliphatic heterocycles. The zero-order valence-electron chi connectivity index (χ0n) is 23.0. The molecule has 0 amide bonds. The van der Waals surface area contributed by atoms with Crippen LogP contribution in [0.15, 0.2) is 78.7 Å². The van der Waals surface area contributed by atoms with E-state index in [1.165, 1.54) is 46.8 Å². The molecule has 199 valence electrons. The van der Waals surface area contributed by atoms with E-state index in [4.69, 9.17) is 10.1 Å². The normalized spacial score (nSPS) is 11.5. The minimum Gasteiger partial charge on any atom is -0.512 e. The standard InChI is InChI=1S/C28H23N2Si.C5H8O2.Ir/c1-18-13-27-25(24-10-9-22(16-26(18)24)31(2,3)4)11-12-30-28(27)20-14-19-7-5-6-8-23(19)21(15-20)17-29;1-4(6)3-5(2)7;/h5-13,15-16H,1-4H3;3,6H,1-2H3;/q-1;;/b;4-3-;. The van der Waals surface area contributed by atoms with Gasteiger partial charge in [-0.1, -0.05) is 78.2 Å². The number of aliphatic hydroxyl groups excluding tert-OH is 1. The smallest absolute Gasteiger partial charge is 0.155 e. The van der Waals surface area contributed by atoms with Crippen LogP contribution in [0.3, 0.4) is 0 Å². The van der Waals surface area contributed by atoms with Crippen LogP contribution >= 0.6 is 0 Å². The first-order valence-corrected chi connectivity index (χ1v) is 16.1. The second-order valence-electron chi connectivity index (χ2n) is 10.6. The summed E-state index contributed by atoms with van der Waals surface area (Å²) in [4.78, 5) is 14.7. The van der Waals surface area contributed by atoms with E-state index in [-0.39, 0.29) is 31.6 Å². The van der Waals surface area contributed by atoms with Gasteiger partial charge in [-0.3, -0.25) is 9.78 Å². The van der Waals surface area contributed by atoms with Crippen molar-refractivity contribution in [1.82, 2.24) is 4.98 Å². The molecule has 0 aliphatic carbocycles. The molecule has 1 aromatic heterocycles. The summed E-state index contributed by atoms with van der Waals surface area (Å²) in [6.45, 7) is 12.2. The number of allylic oxidation sites excluding steroid dienone is 2. The summed E-state index contributed by atoms with van der Waals surface area (Å²) in [6, 6.07) is 27.0. The van der Waals surface area contributed by atoms with Gasteiger partial charge in [-0.05, 0) is 59.5 Å². The van der Waals surface area contributed by atoms with Crippen LogP contribution in [0.2, 0.25) is 19.6 Å². The van der Waals surface area contributed by atoms with Crippen LogP contribution < -0.4 is 5.19 Å². The third-order valence-electron chi connectivity index (χ3n) is 6.51. The zero-order valence-corrected chi connectivity index (χ0v) is 26.4. The van der Waals surface area contributed by atoms with E-state index in [0.717, 1.165) is 27.4 Å². The van der Waals surface area contributed by atoms with Crippen molar-refractivity contribution in [2.24, 2.45) is 0 Å². The number of benzene rings is 4. The molecule has 6 heteroatoms. The minimum absolute atomic E-state index is 0. The van der Waals surface area contributed by atoms with Crippen LogP contribution in [0.4, 0.5) is 0 Å². The summed E-state index contributed by atoms with van der Waals surface area (Å²) < 4.78 is 0. The molecule has 0 bridgehead atoms. The Hall–Kier alpha value is -3.62.